The lowest BCUT2D eigenvalue weighted by atomic mass is 10.0. The zero-order valence-electron chi connectivity index (χ0n) is 42.0. The average Bonchev–Trinajstić information content (AvgIpc) is 3.28. The molecule has 3 unspecified atom stereocenters. The van der Waals surface area contributed by atoms with E-state index in [0.29, 0.717) is 19.3 Å². The number of hydrogen-bond donors (Lipinski definition) is 3. The van der Waals surface area contributed by atoms with Crippen molar-refractivity contribution in [1.29, 1.82) is 0 Å². The molecule has 63 heavy (non-hydrogen) atoms. The van der Waals surface area contributed by atoms with E-state index >= 15 is 0 Å². The molecular weight excluding hydrogens is 779 g/mol. The molecular formula is C57H105NO5. The fraction of sp³-hybridized carbons (Fsp3) is 0.825. The standard InChI is InChI=1S/C57H105NO5/c1-4-7-10-13-16-19-22-25-27-28-30-32-35-38-41-44-47-50-57(62)63-53(48-45-42-39-36-33-24-21-18-15-12-9-6-3)51-56(61)58-54(52-59)55(60)49-46-43-40-37-34-31-29-26-23-20-17-14-11-8-5-2/h9,12,16,18-19,21,25,27,53-55,59-60H,4-8,10-11,13-15,17,20,22-24,26,28-52H2,1-3H3,(H,58,61)/b12-9+,19-16-,21-18+,27-25-. The molecule has 0 aromatic rings. The van der Waals surface area contributed by atoms with Crippen molar-refractivity contribution < 1.29 is 24.5 Å². The minimum Gasteiger partial charge on any atom is -0.462 e. The topological polar surface area (TPSA) is 95.9 Å². The van der Waals surface area contributed by atoms with E-state index in [9.17, 15) is 19.8 Å². The molecule has 0 fully saturated rings. The van der Waals surface area contributed by atoms with Crippen LogP contribution in [0.1, 0.15) is 278 Å². The second kappa shape index (κ2) is 50.8. The third kappa shape index (κ3) is 46.2. The molecule has 0 rings (SSSR count). The van der Waals surface area contributed by atoms with Gasteiger partial charge in [-0.3, -0.25) is 9.59 Å². The van der Waals surface area contributed by atoms with Crippen LogP contribution in [0.5, 0.6) is 0 Å². The average molecular weight is 884 g/mol. The second-order valence-corrected chi connectivity index (χ2v) is 18.6. The van der Waals surface area contributed by atoms with Crippen LogP contribution in [0.4, 0.5) is 0 Å². The molecule has 0 aliphatic rings. The molecule has 0 radical (unpaired) electrons. The Morgan fingerprint density at radius 1 is 0.476 bits per heavy atom. The molecule has 6 heteroatoms. The number of ether oxygens (including phenoxy) is 1. The van der Waals surface area contributed by atoms with Crippen molar-refractivity contribution in [3.8, 4) is 0 Å². The van der Waals surface area contributed by atoms with E-state index in [1.807, 2.05) is 0 Å². The highest BCUT2D eigenvalue weighted by molar-refractivity contribution is 5.77. The summed E-state index contributed by atoms with van der Waals surface area (Å²) >= 11 is 0. The van der Waals surface area contributed by atoms with Crippen molar-refractivity contribution in [2.24, 2.45) is 0 Å². The fourth-order valence-electron chi connectivity index (χ4n) is 8.26. The van der Waals surface area contributed by atoms with E-state index < -0.39 is 18.2 Å². The molecule has 0 bridgehead atoms. The Morgan fingerprint density at radius 3 is 1.32 bits per heavy atom. The largest absolute Gasteiger partial charge is 0.462 e. The summed E-state index contributed by atoms with van der Waals surface area (Å²) < 4.78 is 5.94. The van der Waals surface area contributed by atoms with Crippen LogP contribution < -0.4 is 5.32 Å². The smallest absolute Gasteiger partial charge is 0.306 e. The molecule has 0 saturated heterocycles. The number of esters is 1. The highest BCUT2D eigenvalue weighted by atomic mass is 16.5. The van der Waals surface area contributed by atoms with E-state index in [2.05, 4.69) is 74.7 Å². The third-order valence-corrected chi connectivity index (χ3v) is 12.4. The molecule has 3 atom stereocenters. The summed E-state index contributed by atoms with van der Waals surface area (Å²) in [6.07, 6.45) is 61.7. The van der Waals surface area contributed by atoms with Crippen molar-refractivity contribution in [3.63, 3.8) is 0 Å². The van der Waals surface area contributed by atoms with Crippen LogP contribution in [-0.4, -0.2) is 46.9 Å². The molecule has 0 saturated carbocycles. The number of unbranched alkanes of at least 4 members (excludes halogenated alkanes) is 29. The number of hydrogen-bond acceptors (Lipinski definition) is 5. The van der Waals surface area contributed by atoms with Crippen molar-refractivity contribution in [1.82, 2.24) is 5.32 Å². The predicted molar refractivity (Wildman–Crippen MR) is 273 cm³/mol. The van der Waals surface area contributed by atoms with Crippen LogP contribution in [0.15, 0.2) is 48.6 Å². The second-order valence-electron chi connectivity index (χ2n) is 18.6. The summed E-state index contributed by atoms with van der Waals surface area (Å²) in [6, 6.07) is -0.707. The van der Waals surface area contributed by atoms with Gasteiger partial charge in [-0.1, -0.05) is 230 Å². The number of aliphatic hydroxyl groups excluding tert-OH is 2. The lowest BCUT2D eigenvalue weighted by Gasteiger charge is -2.24. The molecule has 0 aromatic heterocycles. The summed E-state index contributed by atoms with van der Waals surface area (Å²) in [6.45, 7) is 6.37. The lowest BCUT2D eigenvalue weighted by Crippen LogP contribution is -2.46. The quantitative estimate of drug-likeness (QED) is 0.0321. The van der Waals surface area contributed by atoms with Gasteiger partial charge in [0.1, 0.15) is 6.10 Å². The fourth-order valence-corrected chi connectivity index (χ4v) is 8.26. The van der Waals surface area contributed by atoms with Crippen molar-refractivity contribution in [2.75, 3.05) is 6.61 Å². The Labute approximate surface area is 391 Å². The monoisotopic (exact) mass is 884 g/mol. The first-order chi connectivity index (χ1) is 31.0. The number of carbonyl (C=O) groups excluding carboxylic acids is 2. The first-order valence-electron chi connectivity index (χ1n) is 27.4. The SMILES string of the molecule is CC/C=C/C/C=C/CCCCCCCC(CC(=O)NC(CO)C(O)CCCCCCCCCCCCCCCCC)OC(=O)CCCCCCCCC/C=C\C/C=C\CCCCC. The first kappa shape index (κ1) is 60.8. The van der Waals surface area contributed by atoms with Crippen molar-refractivity contribution in [2.45, 2.75) is 296 Å². The summed E-state index contributed by atoms with van der Waals surface area (Å²) in [5.41, 5.74) is 0. The normalized spacial score (nSPS) is 13.5. The summed E-state index contributed by atoms with van der Waals surface area (Å²) in [5, 5.41) is 23.8. The Kier molecular flexibility index (Phi) is 49.1. The van der Waals surface area contributed by atoms with Gasteiger partial charge in [0.05, 0.1) is 25.2 Å². The summed E-state index contributed by atoms with van der Waals surface area (Å²) in [4.78, 5) is 26.2. The molecule has 0 aromatic carbocycles. The number of nitrogens with one attached hydrogen (secondary N) is 1. The van der Waals surface area contributed by atoms with Gasteiger partial charge in [0.25, 0.3) is 0 Å². The molecule has 0 heterocycles. The van der Waals surface area contributed by atoms with Crippen LogP contribution >= 0.6 is 0 Å². The zero-order valence-corrected chi connectivity index (χ0v) is 42.0. The Hall–Kier alpha value is -2.18. The summed E-state index contributed by atoms with van der Waals surface area (Å²) in [7, 11) is 0. The minimum absolute atomic E-state index is 0.0656. The molecule has 6 nitrogen and oxygen atoms in total. The minimum atomic E-state index is -0.793. The van der Waals surface area contributed by atoms with E-state index in [-0.39, 0.29) is 24.9 Å². The molecule has 0 spiro atoms. The lowest BCUT2D eigenvalue weighted by molar-refractivity contribution is -0.151. The molecule has 0 aliphatic carbocycles. The van der Waals surface area contributed by atoms with Gasteiger partial charge in [0.2, 0.25) is 5.91 Å². The van der Waals surface area contributed by atoms with Gasteiger partial charge in [-0.15, -0.1) is 0 Å². The van der Waals surface area contributed by atoms with Gasteiger partial charge in [-0.05, 0) is 83.5 Å². The van der Waals surface area contributed by atoms with Gasteiger partial charge in [-0.2, -0.15) is 0 Å². The number of amides is 1. The highest BCUT2D eigenvalue weighted by Gasteiger charge is 2.24. The van der Waals surface area contributed by atoms with Crippen LogP contribution in [0.25, 0.3) is 0 Å². The molecule has 0 aliphatic heterocycles. The van der Waals surface area contributed by atoms with Gasteiger partial charge < -0.3 is 20.3 Å². The van der Waals surface area contributed by atoms with Crippen molar-refractivity contribution in [3.05, 3.63) is 48.6 Å². The molecule has 368 valence electrons. The van der Waals surface area contributed by atoms with Gasteiger partial charge in [-0.25, -0.2) is 0 Å². The number of rotatable bonds is 49. The van der Waals surface area contributed by atoms with Gasteiger partial charge >= 0.3 is 5.97 Å². The van der Waals surface area contributed by atoms with Crippen molar-refractivity contribution >= 4 is 11.9 Å². The molecule has 1 amide bonds. The Bertz CT molecular complexity index is 1080. The number of allylic oxidation sites excluding steroid dienone is 8. The van der Waals surface area contributed by atoms with Crippen LogP contribution in [0.2, 0.25) is 0 Å². The zero-order chi connectivity index (χ0) is 45.9. The number of aliphatic hydroxyl groups is 2. The maximum absolute atomic E-state index is 13.2. The first-order valence-corrected chi connectivity index (χ1v) is 27.4. The maximum atomic E-state index is 13.2. The van der Waals surface area contributed by atoms with Crippen LogP contribution in [-0.2, 0) is 14.3 Å². The van der Waals surface area contributed by atoms with Crippen LogP contribution in [0, 0.1) is 0 Å². The Balaban J connectivity index is 4.52. The van der Waals surface area contributed by atoms with E-state index in [0.717, 1.165) is 89.9 Å². The van der Waals surface area contributed by atoms with E-state index in [4.69, 9.17) is 4.74 Å². The summed E-state index contributed by atoms with van der Waals surface area (Å²) in [5.74, 6) is -0.490. The van der Waals surface area contributed by atoms with E-state index in [1.54, 1.807) is 0 Å². The highest BCUT2D eigenvalue weighted by Crippen LogP contribution is 2.18. The van der Waals surface area contributed by atoms with Gasteiger partial charge in [0, 0.05) is 6.42 Å². The van der Waals surface area contributed by atoms with Gasteiger partial charge in [0.15, 0.2) is 0 Å². The number of carbonyl (C=O) groups is 2. The maximum Gasteiger partial charge on any atom is 0.306 e. The van der Waals surface area contributed by atoms with E-state index in [1.165, 1.54) is 141 Å². The third-order valence-electron chi connectivity index (χ3n) is 12.4. The van der Waals surface area contributed by atoms with Crippen LogP contribution in [0.3, 0.4) is 0 Å². The Morgan fingerprint density at radius 2 is 0.857 bits per heavy atom. The molecule has 3 N–H and O–H groups in total. The predicted octanol–water partition coefficient (Wildman–Crippen LogP) is 16.6.